The molecule has 0 atom stereocenters. The predicted octanol–water partition coefficient (Wildman–Crippen LogP) is 2.06. The van der Waals surface area contributed by atoms with Gasteiger partial charge in [-0.1, -0.05) is 12.1 Å². The largest absolute Gasteiger partial charge is 0.480 e. The molecule has 84 valence electrons. The molecule has 1 N–H and O–H groups in total. The molecule has 16 heavy (non-hydrogen) atoms. The van der Waals surface area contributed by atoms with Crippen LogP contribution in [0.4, 0.5) is 8.78 Å². The molecule has 0 amide bonds. The van der Waals surface area contributed by atoms with Gasteiger partial charge in [0, 0.05) is 0 Å². The fourth-order valence-electron chi connectivity index (χ4n) is 1.56. The molecule has 1 aromatic heterocycles. The number of para-hydroxylation sites is 2. The first-order valence-electron chi connectivity index (χ1n) is 4.54. The topological polar surface area (TPSA) is 55.1 Å². The first kappa shape index (κ1) is 10.5. The summed E-state index contributed by atoms with van der Waals surface area (Å²) < 4.78 is 26.3. The van der Waals surface area contributed by atoms with Crippen molar-refractivity contribution in [2.75, 3.05) is 0 Å². The molecule has 0 bridgehead atoms. The van der Waals surface area contributed by atoms with E-state index in [4.69, 9.17) is 5.11 Å². The van der Waals surface area contributed by atoms with E-state index in [9.17, 15) is 13.6 Å². The van der Waals surface area contributed by atoms with Crippen molar-refractivity contribution in [3.8, 4) is 0 Å². The summed E-state index contributed by atoms with van der Waals surface area (Å²) in [5.41, 5.74) is 0.777. The summed E-state index contributed by atoms with van der Waals surface area (Å²) in [6.45, 7) is -0.514. The number of hydrogen-bond acceptors (Lipinski definition) is 2. The lowest BCUT2D eigenvalue weighted by Gasteiger charge is -2.04. The second-order valence-electron chi connectivity index (χ2n) is 3.24. The molecule has 0 aliphatic rings. The molecular weight excluding hydrogens is 218 g/mol. The van der Waals surface area contributed by atoms with E-state index in [2.05, 4.69) is 4.98 Å². The Morgan fingerprint density at radius 1 is 1.44 bits per heavy atom. The molecule has 0 spiro atoms. The number of carboxylic acids is 1. The van der Waals surface area contributed by atoms with Crippen molar-refractivity contribution in [1.29, 1.82) is 0 Å². The predicted molar refractivity (Wildman–Crippen MR) is 52.3 cm³/mol. The summed E-state index contributed by atoms with van der Waals surface area (Å²) in [5.74, 6) is -1.69. The van der Waals surface area contributed by atoms with Crippen LogP contribution in [0.3, 0.4) is 0 Å². The van der Waals surface area contributed by atoms with E-state index in [1.807, 2.05) is 0 Å². The first-order valence-corrected chi connectivity index (χ1v) is 4.54. The number of halogens is 2. The molecule has 2 rings (SSSR count). The monoisotopic (exact) mass is 226 g/mol. The zero-order valence-corrected chi connectivity index (χ0v) is 8.10. The minimum Gasteiger partial charge on any atom is -0.480 e. The molecule has 0 aliphatic carbocycles. The van der Waals surface area contributed by atoms with Gasteiger partial charge in [-0.3, -0.25) is 4.79 Å². The average molecular weight is 226 g/mol. The smallest absolute Gasteiger partial charge is 0.323 e. The fraction of sp³-hybridized carbons (Fsp3) is 0.200. The maximum Gasteiger partial charge on any atom is 0.323 e. The number of hydrogen-bond donors (Lipinski definition) is 1. The molecule has 4 nitrogen and oxygen atoms in total. The van der Waals surface area contributed by atoms with Gasteiger partial charge in [0.15, 0.2) is 5.82 Å². The Hall–Kier alpha value is -1.98. The Kier molecular flexibility index (Phi) is 2.55. The van der Waals surface area contributed by atoms with Crippen molar-refractivity contribution in [1.82, 2.24) is 9.55 Å². The number of fused-ring (bicyclic) bond motifs is 1. The minimum atomic E-state index is -2.79. The third kappa shape index (κ3) is 1.73. The summed E-state index contributed by atoms with van der Waals surface area (Å²) >= 11 is 0. The number of aliphatic carboxylic acids is 1. The Labute approximate surface area is 89.1 Å². The van der Waals surface area contributed by atoms with Crippen molar-refractivity contribution in [2.24, 2.45) is 0 Å². The minimum absolute atomic E-state index is 0.374. The molecule has 1 aromatic carbocycles. The van der Waals surface area contributed by atoms with Gasteiger partial charge >= 0.3 is 5.97 Å². The van der Waals surface area contributed by atoms with Gasteiger partial charge in [-0.15, -0.1) is 0 Å². The van der Waals surface area contributed by atoms with E-state index in [1.165, 1.54) is 0 Å². The highest BCUT2D eigenvalue weighted by Gasteiger charge is 2.19. The zero-order chi connectivity index (χ0) is 11.7. The van der Waals surface area contributed by atoms with E-state index in [1.54, 1.807) is 24.3 Å². The van der Waals surface area contributed by atoms with E-state index in [-0.39, 0.29) is 0 Å². The number of rotatable bonds is 3. The Balaban J connectivity index is 2.64. The van der Waals surface area contributed by atoms with Crippen molar-refractivity contribution < 1.29 is 18.7 Å². The molecule has 6 heteroatoms. The van der Waals surface area contributed by atoms with Gasteiger partial charge in [-0.25, -0.2) is 13.8 Å². The number of carbonyl (C=O) groups is 1. The average Bonchev–Trinajstić information content (AvgIpc) is 2.57. The van der Waals surface area contributed by atoms with Gasteiger partial charge in [0.2, 0.25) is 0 Å². The maximum atomic E-state index is 12.6. The zero-order valence-electron chi connectivity index (χ0n) is 8.10. The highest BCUT2D eigenvalue weighted by molar-refractivity contribution is 5.78. The van der Waals surface area contributed by atoms with Crippen LogP contribution in [-0.2, 0) is 11.3 Å². The standard InChI is InChI=1S/C10H8F2N2O2/c11-9(12)10-13-6-3-1-2-4-7(6)14(10)5-8(15)16/h1-4,9H,5H2,(H,15,16). The van der Waals surface area contributed by atoms with Gasteiger partial charge in [-0.2, -0.15) is 0 Å². The van der Waals surface area contributed by atoms with Crippen LogP contribution in [0.1, 0.15) is 12.2 Å². The number of carboxylic acid groups (broad SMARTS) is 1. The highest BCUT2D eigenvalue weighted by atomic mass is 19.3. The van der Waals surface area contributed by atoms with Crippen molar-refractivity contribution in [3.63, 3.8) is 0 Å². The molecule has 0 saturated heterocycles. The number of benzene rings is 1. The van der Waals surface area contributed by atoms with Crippen LogP contribution in [0.5, 0.6) is 0 Å². The Morgan fingerprint density at radius 2 is 2.12 bits per heavy atom. The van der Waals surface area contributed by atoms with Crippen molar-refractivity contribution >= 4 is 17.0 Å². The SMILES string of the molecule is O=C(O)Cn1c(C(F)F)nc2ccccc21. The molecule has 0 radical (unpaired) electrons. The summed E-state index contributed by atoms with van der Waals surface area (Å²) in [5, 5.41) is 8.66. The van der Waals surface area contributed by atoms with Crippen LogP contribution in [0.15, 0.2) is 24.3 Å². The summed E-state index contributed by atoms with van der Waals surface area (Å²) in [6, 6.07) is 6.45. The molecule has 0 fully saturated rings. The van der Waals surface area contributed by atoms with Crippen LogP contribution in [0, 0.1) is 0 Å². The molecular formula is C10H8F2N2O2. The van der Waals surface area contributed by atoms with Gasteiger partial charge in [0.1, 0.15) is 6.54 Å². The molecule has 0 unspecified atom stereocenters. The normalized spacial score (nSPS) is 11.2. The summed E-state index contributed by atoms with van der Waals surface area (Å²) in [4.78, 5) is 14.3. The van der Waals surface area contributed by atoms with E-state index in [0.717, 1.165) is 4.57 Å². The van der Waals surface area contributed by atoms with Gasteiger partial charge < -0.3 is 9.67 Å². The summed E-state index contributed by atoms with van der Waals surface area (Å²) in [6.07, 6.45) is -2.79. The number of imidazole rings is 1. The number of aromatic nitrogens is 2. The van der Waals surface area contributed by atoms with Crippen molar-refractivity contribution in [3.05, 3.63) is 30.1 Å². The van der Waals surface area contributed by atoms with Crippen molar-refractivity contribution in [2.45, 2.75) is 13.0 Å². The quantitative estimate of drug-likeness (QED) is 0.871. The first-order chi connectivity index (χ1) is 7.59. The molecule has 0 saturated carbocycles. The lowest BCUT2D eigenvalue weighted by molar-refractivity contribution is -0.137. The molecule has 1 heterocycles. The van der Waals surface area contributed by atoms with Crippen LogP contribution in [0.2, 0.25) is 0 Å². The van der Waals surface area contributed by atoms with E-state index < -0.39 is 24.8 Å². The fourth-order valence-corrected chi connectivity index (χ4v) is 1.56. The van der Waals surface area contributed by atoms with Gasteiger partial charge in [0.05, 0.1) is 11.0 Å². The van der Waals surface area contributed by atoms with Crippen LogP contribution in [-0.4, -0.2) is 20.6 Å². The van der Waals surface area contributed by atoms with Crippen LogP contribution >= 0.6 is 0 Å². The number of alkyl halides is 2. The van der Waals surface area contributed by atoms with E-state index in [0.29, 0.717) is 11.0 Å². The number of nitrogens with zero attached hydrogens (tertiary/aromatic N) is 2. The lowest BCUT2D eigenvalue weighted by atomic mass is 10.3. The maximum absolute atomic E-state index is 12.6. The lowest BCUT2D eigenvalue weighted by Crippen LogP contribution is -2.12. The van der Waals surface area contributed by atoms with Crippen LogP contribution in [0.25, 0.3) is 11.0 Å². The van der Waals surface area contributed by atoms with Gasteiger partial charge in [0.25, 0.3) is 6.43 Å². The third-order valence-corrected chi connectivity index (χ3v) is 2.17. The van der Waals surface area contributed by atoms with Gasteiger partial charge in [-0.05, 0) is 12.1 Å². The van der Waals surface area contributed by atoms with E-state index >= 15 is 0 Å². The molecule has 2 aromatic rings. The second kappa shape index (κ2) is 3.88. The second-order valence-corrected chi connectivity index (χ2v) is 3.24. The Morgan fingerprint density at radius 3 is 2.75 bits per heavy atom. The Bertz CT molecular complexity index is 537. The highest BCUT2D eigenvalue weighted by Crippen LogP contribution is 2.23. The summed E-state index contributed by atoms with van der Waals surface area (Å²) in [7, 11) is 0. The van der Waals surface area contributed by atoms with Crippen LogP contribution < -0.4 is 0 Å². The molecule has 0 aliphatic heterocycles. The third-order valence-electron chi connectivity index (χ3n) is 2.17.